The quantitative estimate of drug-likeness (QED) is 0.497. The molecule has 2 aromatic heterocycles. The fraction of sp³-hybridized carbons (Fsp3) is 0.250. The van der Waals surface area contributed by atoms with Gasteiger partial charge in [0.2, 0.25) is 5.95 Å². The van der Waals surface area contributed by atoms with Crippen molar-refractivity contribution in [1.82, 2.24) is 14.8 Å². The molecule has 0 bridgehead atoms. The molecule has 1 aliphatic heterocycles. The zero-order valence-corrected chi connectivity index (χ0v) is 10.8. The van der Waals surface area contributed by atoms with Gasteiger partial charge in [-0.1, -0.05) is 0 Å². The van der Waals surface area contributed by atoms with Crippen molar-refractivity contribution in [3.05, 3.63) is 58.4 Å². The van der Waals surface area contributed by atoms with Crippen molar-refractivity contribution in [2.45, 2.75) is 12.5 Å². The van der Waals surface area contributed by atoms with E-state index in [0.717, 1.165) is 5.56 Å². The second kappa shape index (κ2) is 4.72. The van der Waals surface area contributed by atoms with Gasteiger partial charge >= 0.3 is 0 Å². The first-order valence-corrected chi connectivity index (χ1v) is 6.10. The van der Waals surface area contributed by atoms with E-state index in [1.807, 2.05) is 36.1 Å². The third-order valence-corrected chi connectivity index (χ3v) is 3.25. The van der Waals surface area contributed by atoms with Crippen molar-refractivity contribution in [2.75, 3.05) is 5.32 Å². The molecular weight excluding hydrogens is 260 g/mol. The van der Waals surface area contributed by atoms with Crippen LogP contribution in [-0.4, -0.2) is 19.7 Å². The number of nitro groups is 1. The van der Waals surface area contributed by atoms with Gasteiger partial charge in [-0.25, -0.2) is 9.25 Å². The van der Waals surface area contributed by atoms with E-state index in [9.17, 15) is 10.1 Å². The molecule has 0 aromatic carbocycles. The maximum Gasteiger partial charge on any atom is 0.286 e. The molecule has 2 aromatic rings. The summed E-state index contributed by atoms with van der Waals surface area (Å²) in [5.74, 6) is 0.516. The average Bonchev–Trinajstić information content (AvgIpc) is 2.90. The van der Waals surface area contributed by atoms with Crippen LogP contribution < -0.4 is 9.88 Å². The molecule has 3 heterocycles. The number of rotatable bonds is 3. The predicted molar refractivity (Wildman–Crippen MR) is 69.1 cm³/mol. The van der Waals surface area contributed by atoms with Crippen LogP contribution in [0.4, 0.5) is 5.95 Å². The number of aryl methyl sites for hydroxylation is 1. The molecule has 1 N–H and O–H groups in total. The van der Waals surface area contributed by atoms with Crippen molar-refractivity contribution in [3.63, 3.8) is 0 Å². The maximum absolute atomic E-state index is 11.2. The van der Waals surface area contributed by atoms with Gasteiger partial charge in [0, 0.05) is 18.6 Å². The minimum atomic E-state index is -0.462. The van der Waals surface area contributed by atoms with Crippen molar-refractivity contribution in [3.8, 4) is 0 Å². The van der Waals surface area contributed by atoms with E-state index < -0.39 is 6.04 Å². The van der Waals surface area contributed by atoms with E-state index >= 15 is 0 Å². The number of hydrogen-bond acceptors (Lipinski definition) is 5. The summed E-state index contributed by atoms with van der Waals surface area (Å²) in [7, 11) is 1.92. The molecule has 1 aliphatic rings. The number of pyridine rings is 1. The number of hydrogen-bond donors (Lipinski definition) is 1. The second-order valence-electron chi connectivity index (χ2n) is 4.59. The van der Waals surface area contributed by atoms with Gasteiger partial charge in [-0.05, 0) is 5.56 Å². The fourth-order valence-corrected chi connectivity index (χ4v) is 2.20. The van der Waals surface area contributed by atoms with Gasteiger partial charge in [-0.15, -0.1) is 0 Å². The molecule has 102 valence electrons. The Labute approximate surface area is 114 Å². The summed E-state index contributed by atoms with van der Waals surface area (Å²) in [5.41, 5.74) is 1.08. The van der Waals surface area contributed by atoms with Crippen LogP contribution in [0, 0.1) is 10.1 Å². The lowest BCUT2D eigenvalue weighted by molar-refractivity contribution is -0.671. The lowest BCUT2D eigenvalue weighted by atomic mass is 10.0. The zero-order chi connectivity index (χ0) is 14.1. The minimum Gasteiger partial charge on any atom is -0.325 e. The highest BCUT2D eigenvalue weighted by Gasteiger charge is 2.33. The summed E-state index contributed by atoms with van der Waals surface area (Å²) in [4.78, 5) is 14.8. The zero-order valence-electron chi connectivity index (χ0n) is 10.8. The predicted octanol–water partition coefficient (Wildman–Crippen LogP) is 0.430. The molecule has 8 nitrogen and oxygen atoms in total. The van der Waals surface area contributed by atoms with Gasteiger partial charge in [0.05, 0.1) is 11.1 Å². The average molecular weight is 273 g/mol. The first-order valence-electron chi connectivity index (χ1n) is 6.10. The molecule has 8 heteroatoms. The van der Waals surface area contributed by atoms with Crippen molar-refractivity contribution >= 4 is 5.95 Å². The van der Waals surface area contributed by atoms with E-state index in [1.54, 1.807) is 4.68 Å². The number of aromatic nitrogens is 4. The lowest BCUT2D eigenvalue weighted by Crippen LogP contribution is -2.28. The number of fused-ring (bicyclic) bond motifs is 1. The summed E-state index contributed by atoms with van der Waals surface area (Å²) >= 11 is 0. The first kappa shape index (κ1) is 12.3. The number of nitrogens with one attached hydrogen (secondary N) is 1. The molecule has 0 amide bonds. The van der Waals surface area contributed by atoms with Gasteiger partial charge in [-0.3, -0.25) is 10.1 Å². The largest absolute Gasteiger partial charge is 0.325 e. The first-order chi connectivity index (χ1) is 9.65. The summed E-state index contributed by atoms with van der Waals surface area (Å²) < 4.78 is 3.46. The molecule has 0 aliphatic carbocycles. The second-order valence-corrected chi connectivity index (χ2v) is 4.59. The maximum atomic E-state index is 11.2. The van der Waals surface area contributed by atoms with E-state index in [0.29, 0.717) is 12.4 Å². The van der Waals surface area contributed by atoms with Crippen LogP contribution in [0.15, 0.2) is 42.8 Å². The molecule has 1 atom stereocenters. The summed E-state index contributed by atoms with van der Waals surface area (Å²) in [6, 6.07) is 3.42. The van der Waals surface area contributed by atoms with Crippen molar-refractivity contribution < 1.29 is 9.49 Å². The normalized spacial score (nSPS) is 17.1. The molecule has 0 saturated heterocycles. The Kier molecular flexibility index (Phi) is 2.90. The van der Waals surface area contributed by atoms with E-state index in [4.69, 9.17) is 0 Å². The van der Waals surface area contributed by atoms with Crippen LogP contribution in [0.25, 0.3) is 0 Å². The van der Waals surface area contributed by atoms with Crippen LogP contribution in [0.5, 0.6) is 0 Å². The molecule has 0 fully saturated rings. The number of anilines is 1. The van der Waals surface area contributed by atoms with E-state index in [-0.39, 0.29) is 10.6 Å². The lowest BCUT2D eigenvalue weighted by Gasteiger charge is -2.20. The third kappa shape index (κ3) is 2.11. The Balaban J connectivity index is 1.95. The van der Waals surface area contributed by atoms with Crippen LogP contribution in [-0.2, 0) is 13.5 Å². The van der Waals surface area contributed by atoms with Gasteiger partial charge in [-0.2, -0.15) is 10.1 Å². The molecule has 0 unspecified atom stereocenters. The van der Waals surface area contributed by atoms with Crippen molar-refractivity contribution in [1.29, 1.82) is 0 Å². The highest BCUT2D eigenvalue weighted by molar-refractivity contribution is 5.35. The smallest absolute Gasteiger partial charge is 0.286 e. The standard InChI is InChI=1S/C12H13N6O2/c1-16-4-2-9(3-5-16)6-10-11(18(19)20)7-13-12-14-8-15-17(10)12/h2-5,7-8,10H,6H2,1H3,(H,13,14,15)/q+1/t10-/m1/s1. The Morgan fingerprint density at radius 1 is 1.50 bits per heavy atom. The Morgan fingerprint density at radius 3 is 2.95 bits per heavy atom. The van der Waals surface area contributed by atoms with Gasteiger partial charge in [0.25, 0.3) is 5.70 Å². The molecule has 0 saturated carbocycles. The number of allylic oxidation sites excluding steroid dienone is 1. The summed E-state index contributed by atoms with van der Waals surface area (Å²) in [6.07, 6.45) is 7.09. The van der Waals surface area contributed by atoms with Crippen LogP contribution >= 0.6 is 0 Å². The molecule has 0 spiro atoms. The van der Waals surface area contributed by atoms with Gasteiger partial charge < -0.3 is 5.32 Å². The highest BCUT2D eigenvalue weighted by Crippen LogP contribution is 2.28. The van der Waals surface area contributed by atoms with Crippen LogP contribution in [0.2, 0.25) is 0 Å². The van der Waals surface area contributed by atoms with E-state index in [1.165, 1.54) is 12.5 Å². The van der Waals surface area contributed by atoms with E-state index in [2.05, 4.69) is 15.4 Å². The summed E-state index contributed by atoms with van der Waals surface area (Å²) in [5, 5.41) is 18.0. The van der Waals surface area contributed by atoms with Crippen molar-refractivity contribution in [2.24, 2.45) is 7.05 Å². The highest BCUT2D eigenvalue weighted by atomic mass is 16.6. The Bertz CT molecular complexity index is 676. The minimum absolute atomic E-state index is 0.0798. The fourth-order valence-electron chi connectivity index (χ4n) is 2.20. The SMILES string of the molecule is C[n+]1ccc(C[C@@H]2C([N+](=O)[O-])=CNc3ncnn32)cc1. The van der Waals surface area contributed by atoms with Gasteiger partial charge in [0.1, 0.15) is 13.4 Å². The third-order valence-electron chi connectivity index (χ3n) is 3.25. The molecular formula is C12H13N6O2+. The van der Waals surface area contributed by atoms with Crippen LogP contribution in [0.3, 0.4) is 0 Å². The Hall–Kier alpha value is -2.77. The van der Waals surface area contributed by atoms with Gasteiger partial charge in [0.15, 0.2) is 18.4 Å². The Morgan fingerprint density at radius 2 is 2.25 bits per heavy atom. The monoisotopic (exact) mass is 273 g/mol. The van der Waals surface area contributed by atoms with Crippen LogP contribution in [0.1, 0.15) is 11.6 Å². The molecule has 0 radical (unpaired) electrons. The number of nitrogens with zero attached hydrogens (tertiary/aromatic N) is 5. The topological polar surface area (TPSA) is 89.8 Å². The summed E-state index contributed by atoms with van der Waals surface area (Å²) in [6.45, 7) is 0. The molecule has 3 rings (SSSR count). The molecule has 20 heavy (non-hydrogen) atoms.